The SMILES string of the molecule is COC(=O)C(NCc1cccc(C#N)c1)c1ccccc1. The molecule has 106 valence electrons. The van der Waals surface area contributed by atoms with E-state index >= 15 is 0 Å². The Kier molecular flexibility index (Phi) is 5.08. The van der Waals surface area contributed by atoms with Crippen LogP contribution in [0.2, 0.25) is 0 Å². The lowest BCUT2D eigenvalue weighted by Crippen LogP contribution is -2.29. The Balaban J connectivity index is 2.13. The predicted molar refractivity (Wildman–Crippen MR) is 79.2 cm³/mol. The van der Waals surface area contributed by atoms with Gasteiger partial charge in [0.2, 0.25) is 0 Å². The number of hydrogen-bond acceptors (Lipinski definition) is 4. The number of rotatable bonds is 5. The van der Waals surface area contributed by atoms with E-state index in [2.05, 4.69) is 11.4 Å². The van der Waals surface area contributed by atoms with Gasteiger partial charge in [-0.2, -0.15) is 5.26 Å². The van der Waals surface area contributed by atoms with Crippen molar-refractivity contribution in [3.05, 3.63) is 71.3 Å². The normalized spacial score (nSPS) is 11.4. The Hall–Kier alpha value is -2.64. The van der Waals surface area contributed by atoms with Crippen LogP contribution in [0.4, 0.5) is 0 Å². The van der Waals surface area contributed by atoms with Gasteiger partial charge in [0.15, 0.2) is 0 Å². The molecule has 4 nitrogen and oxygen atoms in total. The molecule has 0 bridgehead atoms. The first kappa shape index (κ1) is 14.8. The largest absolute Gasteiger partial charge is 0.468 e. The molecule has 0 radical (unpaired) electrons. The van der Waals surface area contributed by atoms with Crippen molar-refractivity contribution in [1.82, 2.24) is 5.32 Å². The van der Waals surface area contributed by atoms with Gasteiger partial charge in [-0.1, -0.05) is 42.5 Å². The average molecular weight is 280 g/mol. The van der Waals surface area contributed by atoms with E-state index < -0.39 is 6.04 Å². The summed E-state index contributed by atoms with van der Waals surface area (Å²) in [6.07, 6.45) is 0. The number of hydrogen-bond donors (Lipinski definition) is 1. The standard InChI is InChI=1S/C17H16N2O2/c1-21-17(20)16(15-8-3-2-4-9-15)19-12-14-7-5-6-13(10-14)11-18/h2-10,16,19H,12H2,1H3. The third-order valence-electron chi connectivity index (χ3n) is 3.14. The summed E-state index contributed by atoms with van der Waals surface area (Å²) >= 11 is 0. The number of ether oxygens (including phenoxy) is 1. The minimum Gasteiger partial charge on any atom is -0.468 e. The molecule has 4 heteroatoms. The van der Waals surface area contributed by atoms with Crippen molar-refractivity contribution in [3.63, 3.8) is 0 Å². The second-order valence-corrected chi connectivity index (χ2v) is 4.56. The summed E-state index contributed by atoms with van der Waals surface area (Å²) in [5, 5.41) is 12.1. The van der Waals surface area contributed by atoms with E-state index in [9.17, 15) is 4.79 Å². The Morgan fingerprint density at radius 3 is 2.67 bits per heavy atom. The topological polar surface area (TPSA) is 62.1 Å². The Labute approximate surface area is 124 Å². The smallest absolute Gasteiger partial charge is 0.327 e. The molecule has 0 aliphatic rings. The van der Waals surface area contributed by atoms with E-state index in [1.54, 1.807) is 12.1 Å². The summed E-state index contributed by atoms with van der Waals surface area (Å²) < 4.78 is 4.85. The lowest BCUT2D eigenvalue weighted by Gasteiger charge is -2.17. The van der Waals surface area contributed by atoms with E-state index in [1.807, 2.05) is 42.5 Å². The van der Waals surface area contributed by atoms with Gasteiger partial charge in [0.1, 0.15) is 6.04 Å². The monoisotopic (exact) mass is 280 g/mol. The van der Waals surface area contributed by atoms with Gasteiger partial charge in [0.25, 0.3) is 0 Å². The van der Waals surface area contributed by atoms with Gasteiger partial charge in [-0.15, -0.1) is 0 Å². The van der Waals surface area contributed by atoms with E-state index in [1.165, 1.54) is 7.11 Å². The number of benzene rings is 2. The third kappa shape index (κ3) is 3.91. The van der Waals surface area contributed by atoms with Crippen LogP contribution < -0.4 is 5.32 Å². The molecule has 2 aromatic rings. The molecule has 1 atom stereocenters. The molecule has 21 heavy (non-hydrogen) atoms. The maximum atomic E-state index is 11.9. The first-order valence-corrected chi connectivity index (χ1v) is 6.60. The van der Waals surface area contributed by atoms with Crippen LogP contribution >= 0.6 is 0 Å². The molecule has 0 saturated carbocycles. The van der Waals surface area contributed by atoms with Crippen LogP contribution in [-0.2, 0) is 16.1 Å². The van der Waals surface area contributed by atoms with E-state index in [-0.39, 0.29) is 5.97 Å². The van der Waals surface area contributed by atoms with Gasteiger partial charge >= 0.3 is 5.97 Å². The summed E-state index contributed by atoms with van der Waals surface area (Å²) in [5.74, 6) is -0.336. The Bertz CT molecular complexity index is 647. The molecule has 2 aromatic carbocycles. The fraction of sp³-hybridized carbons (Fsp3) is 0.176. The van der Waals surface area contributed by atoms with Gasteiger partial charge in [-0.25, -0.2) is 4.79 Å². The van der Waals surface area contributed by atoms with Crippen molar-refractivity contribution in [3.8, 4) is 6.07 Å². The number of carbonyl (C=O) groups excluding carboxylic acids is 1. The van der Waals surface area contributed by atoms with Crippen LogP contribution in [0.25, 0.3) is 0 Å². The highest BCUT2D eigenvalue weighted by atomic mass is 16.5. The van der Waals surface area contributed by atoms with Crippen molar-refractivity contribution in [2.45, 2.75) is 12.6 Å². The van der Waals surface area contributed by atoms with Crippen LogP contribution in [0, 0.1) is 11.3 Å². The van der Waals surface area contributed by atoms with Gasteiger partial charge in [0, 0.05) is 6.54 Å². The highest BCUT2D eigenvalue weighted by Gasteiger charge is 2.20. The van der Waals surface area contributed by atoms with Crippen LogP contribution in [0.5, 0.6) is 0 Å². The molecule has 0 fully saturated rings. The van der Waals surface area contributed by atoms with E-state index in [0.29, 0.717) is 12.1 Å². The summed E-state index contributed by atoms with van der Waals surface area (Å²) in [5.41, 5.74) is 2.39. The van der Waals surface area contributed by atoms with Crippen LogP contribution in [0.3, 0.4) is 0 Å². The number of methoxy groups -OCH3 is 1. The van der Waals surface area contributed by atoms with Crippen molar-refractivity contribution in [2.75, 3.05) is 7.11 Å². The Morgan fingerprint density at radius 2 is 2.00 bits per heavy atom. The lowest BCUT2D eigenvalue weighted by atomic mass is 10.1. The minimum absolute atomic E-state index is 0.336. The molecule has 0 aromatic heterocycles. The van der Waals surface area contributed by atoms with Crippen LogP contribution in [0.15, 0.2) is 54.6 Å². The number of nitriles is 1. The first-order valence-electron chi connectivity index (χ1n) is 6.60. The fourth-order valence-electron chi connectivity index (χ4n) is 2.07. The van der Waals surface area contributed by atoms with Gasteiger partial charge in [0.05, 0.1) is 18.7 Å². The molecular weight excluding hydrogens is 264 g/mol. The zero-order chi connectivity index (χ0) is 15.1. The van der Waals surface area contributed by atoms with Crippen molar-refractivity contribution in [2.24, 2.45) is 0 Å². The molecule has 0 aliphatic heterocycles. The highest BCUT2D eigenvalue weighted by molar-refractivity contribution is 5.77. The predicted octanol–water partition coefficient (Wildman–Crippen LogP) is 2.56. The summed E-state index contributed by atoms with van der Waals surface area (Å²) in [6, 6.07) is 18.3. The zero-order valence-electron chi connectivity index (χ0n) is 11.7. The summed E-state index contributed by atoms with van der Waals surface area (Å²) in [4.78, 5) is 11.9. The molecule has 0 spiro atoms. The van der Waals surface area contributed by atoms with Gasteiger partial charge < -0.3 is 4.74 Å². The number of nitrogens with one attached hydrogen (secondary N) is 1. The van der Waals surface area contributed by atoms with E-state index in [4.69, 9.17) is 10.00 Å². The third-order valence-corrected chi connectivity index (χ3v) is 3.14. The second-order valence-electron chi connectivity index (χ2n) is 4.56. The number of esters is 1. The van der Waals surface area contributed by atoms with Gasteiger partial charge in [-0.05, 0) is 23.3 Å². The molecule has 1 unspecified atom stereocenters. The average Bonchev–Trinajstić information content (AvgIpc) is 2.56. The van der Waals surface area contributed by atoms with Crippen LogP contribution in [-0.4, -0.2) is 13.1 Å². The molecule has 0 heterocycles. The van der Waals surface area contributed by atoms with Crippen molar-refractivity contribution >= 4 is 5.97 Å². The Morgan fingerprint density at radius 1 is 1.24 bits per heavy atom. The summed E-state index contributed by atoms with van der Waals surface area (Å²) in [7, 11) is 1.37. The second kappa shape index (κ2) is 7.22. The lowest BCUT2D eigenvalue weighted by molar-refractivity contribution is -0.143. The van der Waals surface area contributed by atoms with Crippen LogP contribution in [0.1, 0.15) is 22.7 Å². The van der Waals surface area contributed by atoms with Crippen molar-refractivity contribution in [1.29, 1.82) is 5.26 Å². The molecule has 1 N–H and O–H groups in total. The quantitative estimate of drug-likeness (QED) is 0.855. The molecule has 2 rings (SSSR count). The molecule has 0 saturated heterocycles. The highest BCUT2D eigenvalue weighted by Crippen LogP contribution is 2.15. The maximum absolute atomic E-state index is 11.9. The number of carbonyl (C=O) groups is 1. The fourth-order valence-corrected chi connectivity index (χ4v) is 2.07. The summed E-state index contributed by atoms with van der Waals surface area (Å²) in [6.45, 7) is 0.476. The maximum Gasteiger partial charge on any atom is 0.327 e. The van der Waals surface area contributed by atoms with Crippen molar-refractivity contribution < 1.29 is 9.53 Å². The first-order chi connectivity index (χ1) is 10.2. The number of nitrogens with zero attached hydrogens (tertiary/aromatic N) is 1. The molecule has 0 aliphatic carbocycles. The molecule has 0 amide bonds. The molecular formula is C17H16N2O2. The zero-order valence-corrected chi connectivity index (χ0v) is 11.7. The van der Waals surface area contributed by atoms with E-state index in [0.717, 1.165) is 11.1 Å². The minimum atomic E-state index is -0.526. The van der Waals surface area contributed by atoms with Gasteiger partial charge in [-0.3, -0.25) is 5.32 Å².